The van der Waals surface area contributed by atoms with Crippen molar-refractivity contribution < 1.29 is 22.9 Å². The van der Waals surface area contributed by atoms with Gasteiger partial charge in [0.05, 0.1) is 27.3 Å². The molecule has 0 aromatic heterocycles. The number of nitro benzene ring substituents is 1. The van der Waals surface area contributed by atoms with Crippen molar-refractivity contribution in [3.63, 3.8) is 0 Å². The van der Waals surface area contributed by atoms with Gasteiger partial charge >= 0.3 is 0 Å². The Balaban J connectivity index is 1.83. The predicted octanol–water partition coefficient (Wildman–Crippen LogP) is 4.32. The number of anilines is 1. The molecule has 0 N–H and O–H groups in total. The largest absolute Gasteiger partial charge is 0.365 e. The third kappa shape index (κ3) is 3.87. The summed E-state index contributed by atoms with van der Waals surface area (Å²) in [6.07, 6.45) is 0. The third-order valence-electron chi connectivity index (χ3n) is 4.92. The van der Waals surface area contributed by atoms with Crippen molar-refractivity contribution in [2.45, 2.75) is 19.9 Å². The van der Waals surface area contributed by atoms with Crippen molar-refractivity contribution in [2.75, 3.05) is 24.5 Å². The van der Waals surface area contributed by atoms with Crippen LogP contribution in [0.25, 0.3) is 0 Å². The van der Waals surface area contributed by atoms with Crippen molar-refractivity contribution in [1.82, 2.24) is 4.90 Å². The molecule has 154 valence electrons. The predicted molar refractivity (Wildman–Crippen MR) is 102 cm³/mol. The number of amides is 1. The maximum absolute atomic E-state index is 14.3. The summed E-state index contributed by atoms with van der Waals surface area (Å²) in [6, 6.07) is 3.80. The molecule has 0 unspecified atom stereocenters. The number of non-ortho nitro benzene ring substituents is 1. The molecule has 1 saturated heterocycles. The van der Waals surface area contributed by atoms with Gasteiger partial charge in [-0.15, -0.1) is 0 Å². The van der Waals surface area contributed by atoms with E-state index in [0.717, 1.165) is 12.1 Å². The van der Waals surface area contributed by atoms with E-state index in [4.69, 9.17) is 11.6 Å². The van der Waals surface area contributed by atoms with E-state index in [9.17, 15) is 28.1 Å². The molecule has 0 bridgehead atoms. The molecular weight excluding hydrogens is 411 g/mol. The molecule has 6 nitrogen and oxygen atoms in total. The fourth-order valence-corrected chi connectivity index (χ4v) is 3.62. The number of carbonyl (C=O) groups is 1. The van der Waals surface area contributed by atoms with E-state index in [0.29, 0.717) is 0 Å². The molecule has 0 radical (unpaired) electrons. The number of hydrogen-bond donors (Lipinski definition) is 0. The van der Waals surface area contributed by atoms with Crippen molar-refractivity contribution in [1.29, 1.82) is 0 Å². The van der Waals surface area contributed by atoms with Gasteiger partial charge in [-0.05, 0) is 31.5 Å². The number of piperazine rings is 1. The van der Waals surface area contributed by atoms with Crippen LogP contribution in [0.5, 0.6) is 0 Å². The molecule has 10 heteroatoms. The van der Waals surface area contributed by atoms with Gasteiger partial charge in [0.15, 0.2) is 17.5 Å². The van der Waals surface area contributed by atoms with E-state index in [1.165, 1.54) is 24.0 Å². The molecule has 1 heterocycles. The zero-order chi connectivity index (χ0) is 21.5. The van der Waals surface area contributed by atoms with Gasteiger partial charge in [0.1, 0.15) is 0 Å². The Morgan fingerprint density at radius 3 is 2.48 bits per heavy atom. The Morgan fingerprint density at radius 2 is 1.90 bits per heavy atom. The van der Waals surface area contributed by atoms with E-state index in [-0.39, 0.29) is 41.6 Å². The van der Waals surface area contributed by atoms with Gasteiger partial charge in [-0.3, -0.25) is 14.9 Å². The highest BCUT2D eigenvalue weighted by Gasteiger charge is 2.33. The SMILES string of the molecule is Cc1cc(F)c(F)c(C(=O)N2CCN(c3ccc([N+](=O)[O-])cc3F)C[C@H]2C)c1Cl. The van der Waals surface area contributed by atoms with Crippen molar-refractivity contribution in [3.05, 3.63) is 68.0 Å². The number of rotatable bonds is 3. The summed E-state index contributed by atoms with van der Waals surface area (Å²) in [5, 5.41) is 10.6. The molecule has 1 aliphatic rings. The van der Waals surface area contributed by atoms with Crippen LogP contribution in [0, 0.1) is 34.5 Å². The lowest BCUT2D eigenvalue weighted by atomic mass is 10.1. The molecule has 0 saturated carbocycles. The summed E-state index contributed by atoms with van der Waals surface area (Å²) in [5.41, 5.74) is -0.473. The normalized spacial score (nSPS) is 16.8. The average molecular weight is 428 g/mol. The molecule has 1 fully saturated rings. The summed E-state index contributed by atoms with van der Waals surface area (Å²) in [7, 11) is 0. The Labute approximate surface area is 169 Å². The Kier molecular flexibility index (Phi) is 5.70. The molecular formula is C19H17ClF3N3O3. The average Bonchev–Trinajstić information content (AvgIpc) is 2.66. The Bertz CT molecular complexity index is 976. The van der Waals surface area contributed by atoms with Crippen LogP contribution in [0.4, 0.5) is 24.5 Å². The minimum atomic E-state index is -1.30. The highest BCUT2D eigenvalue weighted by molar-refractivity contribution is 6.34. The van der Waals surface area contributed by atoms with Gasteiger partial charge in [-0.25, -0.2) is 13.2 Å². The highest BCUT2D eigenvalue weighted by Crippen LogP contribution is 2.30. The molecule has 2 aromatic carbocycles. The van der Waals surface area contributed by atoms with Crippen LogP contribution < -0.4 is 4.90 Å². The van der Waals surface area contributed by atoms with Crippen molar-refractivity contribution in [3.8, 4) is 0 Å². The zero-order valence-corrected chi connectivity index (χ0v) is 16.3. The molecule has 1 amide bonds. The topological polar surface area (TPSA) is 66.7 Å². The number of halogens is 4. The Morgan fingerprint density at radius 1 is 1.21 bits per heavy atom. The van der Waals surface area contributed by atoms with Crippen LogP contribution in [-0.4, -0.2) is 41.4 Å². The molecule has 29 heavy (non-hydrogen) atoms. The van der Waals surface area contributed by atoms with Gasteiger partial charge in [-0.1, -0.05) is 11.6 Å². The second-order valence-corrected chi connectivity index (χ2v) is 7.24. The van der Waals surface area contributed by atoms with Gasteiger partial charge in [-0.2, -0.15) is 0 Å². The van der Waals surface area contributed by atoms with Crippen LogP contribution in [0.1, 0.15) is 22.8 Å². The first-order chi connectivity index (χ1) is 13.6. The second kappa shape index (κ2) is 7.90. The lowest BCUT2D eigenvalue weighted by Crippen LogP contribution is -2.54. The number of aryl methyl sites for hydroxylation is 1. The molecule has 3 rings (SSSR count). The van der Waals surface area contributed by atoms with Crippen molar-refractivity contribution in [2.24, 2.45) is 0 Å². The summed E-state index contributed by atoms with van der Waals surface area (Å²) in [4.78, 5) is 25.9. The summed E-state index contributed by atoms with van der Waals surface area (Å²) in [6.45, 7) is 3.68. The summed E-state index contributed by atoms with van der Waals surface area (Å²) < 4.78 is 42.3. The molecule has 1 atom stereocenters. The van der Waals surface area contributed by atoms with Crippen molar-refractivity contribution >= 4 is 28.9 Å². The fourth-order valence-electron chi connectivity index (χ4n) is 3.41. The van der Waals surface area contributed by atoms with Crippen LogP contribution in [0.3, 0.4) is 0 Å². The van der Waals surface area contributed by atoms with E-state index in [2.05, 4.69) is 0 Å². The lowest BCUT2D eigenvalue weighted by molar-refractivity contribution is -0.385. The lowest BCUT2D eigenvalue weighted by Gasteiger charge is -2.41. The second-order valence-electron chi connectivity index (χ2n) is 6.86. The van der Waals surface area contributed by atoms with E-state index in [1.807, 2.05) is 0 Å². The van der Waals surface area contributed by atoms with Crippen LogP contribution in [0.2, 0.25) is 5.02 Å². The standard InChI is InChI=1S/C19H17ClF3N3O3/c1-10-7-14(22)18(23)16(17(10)20)19(27)25-6-5-24(9-11(25)2)15-4-3-12(26(28)29)8-13(15)21/h3-4,7-8,11H,5-6,9H2,1-2H3/t11-/m1/s1. The third-order valence-corrected chi connectivity index (χ3v) is 5.41. The first-order valence-electron chi connectivity index (χ1n) is 8.75. The van der Waals surface area contributed by atoms with Gasteiger partial charge in [0, 0.05) is 31.7 Å². The fraction of sp³-hybridized carbons (Fsp3) is 0.316. The highest BCUT2D eigenvalue weighted by atomic mass is 35.5. The minimum absolute atomic E-state index is 0.113. The molecule has 1 aliphatic heterocycles. The van der Waals surface area contributed by atoms with Crippen LogP contribution in [0.15, 0.2) is 24.3 Å². The first kappa shape index (κ1) is 20.9. The van der Waals surface area contributed by atoms with Crippen LogP contribution in [-0.2, 0) is 0 Å². The number of benzene rings is 2. The Hall–Kier alpha value is -2.81. The maximum Gasteiger partial charge on any atom is 0.272 e. The zero-order valence-electron chi connectivity index (χ0n) is 15.6. The molecule has 0 aliphatic carbocycles. The molecule has 2 aromatic rings. The van der Waals surface area contributed by atoms with Gasteiger partial charge < -0.3 is 9.80 Å². The number of carbonyl (C=O) groups excluding carboxylic acids is 1. The molecule has 0 spiro atoms. The van der Waals surface area contributed by atoms with E-state index >= 15 is 0 Å². The van der Waals surface area contributed by atoms with Gasteiger partial charge in [0.25, 0.3) is 11.6 Å². The minimum Gasteiger partial charge on any atom is -0.365 e. The quantitative estimate of drug-likeness (QED) is 0.415. The number of hydrogen-bond acceptors (Lipinski definition) is 4. The van der Waals surface area contributed by atoms with Gasteiger partial charge in [0.2, 0.25) is 0 Å². The smallest absolute Gasteiger partial charge is 0.272 e. The summed E-state index contributed by atoms with van der Waals surface area (Å²) >= 11 is 6.05. The number of nitrogens with zero attached hydrogens (tertiary/aromatic N) is 3. The van der Waals surface area contributed by atoms with Crippen LogP contribution >= 0.6 is 11.6 Å². The summed E-state index contributed by atoms with van der Waals surface area (Å²) in [5.74, 6) is -3.96. The maximum atomic E-state index is 14.3. The van der Waals surface area contributed by atoms with E-state index in [1.54, 1.807) is 11.8 Å². The van der Waals surface area contributed by atoms with E-state index < -0.39 is 39.9 Å². The number of nitro groups is 1. The monoisotopic (exact) mass is 427 g/mol. The first-order valence-corrected chi connectivity index (χ1v) is 9.13.